The van der Waals surface area contributed by atoms with Crippen LogP contribution in [-0.2, 0) is 11.2 Å². The molecule has 3 nitrogen and oxygen atoms in total. The van der Waals surface area contributed by atoms with E-state index >= 15 is 0 Å². The number of rotatable bonds is 7. The average Bonchev–Trinajstić information content (AvgIpc) is 2.42. The molecule has 0 fully saturated rings. The van der Waals surface area contributed by atoms with Crippen molar-refractivity contribution in [3.05, 3.63) is 29.8 Å². The van der Waals surface area contributed by atoms with E-state index in [4.69, 9.17) is 11.2 Å². The molecule has 1 aromatic carbocycles. The van der Waals surface area contributed by atoms with Gasteiger partial charge in [0, 0.05) is 19.4 Å². The van der Waals surface area contributed by atoms with E-state index in [1.54, 1.807) is 7.11 Å². The third-order valence-electron chi connectivity index (χ3n) is 2.62. The molecule has 0 aliphatic heterocycles. The van der Waals surface area contributed by atoms with Crippen LogP contribution in [0.1, 0.15) is 24.8 Å². The first kappa shape index (κ1) is 14.1. The Labute approximate surface area is 109 Å². The number of carbonyl (C=O) groups excluding carboxylic acids is 1. The van der Waals surface area contributed by atoms with Gasteiger partial charge in [-0.05, 0) is 30.5 Å². The Morgan fingerprint density at radius 3 is 2.72 bits per heavy atom. The summed E-state index contributed by atoms with van der Waals surface area (Å²) >= 11 is 0. The fourth-order valence-corrected chi connectivity index (χ4v) is 1.56. The Morgan fingerprint density at radius 2 is 2.11 bits per heavy atom. The van der Waals surface area contributed by atoms with Crippen molar-refractivity contribution in [2.24, 2.45) is 0 Å². The lowest BCUT2D eigenvalue weighted by Crippen LogP contribution is -2.24. The van der Waals surface area contributed by atoms with Gasteiger partial charge in [-0.25, -0.2) is 0 Å². The lowest BCUT2D eigenvalue weighted by Gasteiger charge is -2.05. The number of aryl methyl sites for hydroxylation is 1. The summed E-state index contributed by atoms with van der Waals surface area (Å²) < 4.78 is 5.08. The highest BCUT2D eigenvalue weighted by atomic mass is 16.5. The number of carbonyl (C=O) groups is 1. The van der Waals surface area contributed by atoms with Crippen LogP contribution in [0.5, 0.6) is 5.75 Å². The molecular formula is C15H19NO2. The summed E-state index contributed by atoms with van der Waals surface area (Å²) in [6.07, 6.45) is 7.92. The molecule has 1 rings (SSSR count). The summed E-state index contributed by atoms with van der Waals surface area (Å²) in [6, 6.07) is 7.76. The Kier molecular flexibility index (Phi) is 6.42. The third kappa shape index (κ3) is 5.40. The second kappa shape index (κ2) is 8.19. The van der Waals surface area contributed by atoms with E-state index in [9.17, 15) is 4.79 Å². The van der Waals surface area contributed by atoms with Crippen LogP contribution in [0.25, 0.3) is 0 Å². The Hall–Kier alpha value is -1.95. The highest BCUT2D eigenvalue weighted by Gasteiger charge is 2.01. The zero-order chi connectivity index (χ0) is 13.2. The molecule has 1 N–H and O–H groups in total. The van der Waals surface area contributed by atoms with Gasteiger partial charge in [-0.1, -0.05) is 12.1 Å². The van der Waals surface area contributed by atoms with Gasteiger partial charge in [0.25, 0.3) is 0 Å². The minimum absolute atomic E-state index is 0.0721. The molecule has 18 heavy (non-hydrogen) atoms. The fourth-order valence-electron chi connectivity index (χ4n) is 1.56. The number of methoxy groups -OCH3 is 1. The van der Waals surface area contributed by atoms with Crippen LogP contribution in [0, 0.1) is 12.3 Å². The monoisotopic (exact) mass is 245 g/mol. The van der Waals surface area contributed by atoms with Gasteiger partial charge >= 0.3 is 0 Å². The number of terminal acetylenes is 1. The third-order valence-corrected chi connectivity index (χ3v) is 2.62. The van der Waals surface area contributed by atoms with Crippen LogP contribution in [0.15, 0.2) is 24.3 Å². The van der Waals surface area contributed by atoms with Crippen molar-refractivity contribution < 1.29 is 9.53 Å². The van der Waals surface area contributed by atoms with E-state index in [0.29, 0.717) is 19.4 Å². The van der Waals surface area contributed by atoms with Crippen LogP contribution >= 0.6 is 0 Å². The lowest BCUT2D eigenvalue weighted by molar-refractivity contribution is -0.121. The zero-order valence-electron chi connectivity index (χ0n) is 10.7. The van der Waals surface area contributed by atoms with Crippen LogP contribution in [0.2, 0.25) is 0 Å². The Bertz CT molecular complexity index is 403. The van der Waals surface area contributed by atoms with Crippen LogP contribution in [0.4, 0.5) is 0 Å². The van der Waals surface area contributed by atoms with Gasteiger partial charge in [-0.3, -0.25) is 4.79 Å². The van der Waals surface area contributed by atoms with Crippen molar-refractivity contribution >= 4 is 5.91 Å². The van der Waals surface area contributed by atoms with Gasteiger partial charge in [0.2, 0.25) is 5.91 Å². The molecule has 0 saturated carbocycles. The summed E-state index contributed by atoms with van der Waals surface area (Å²) in [4.78, 5) is 11.5. The molecule has 0 heterocycles. The average molecular weight is 245 g/mol. The first-order chi connectivity index (χ1) is 8.76. The lowest BCUT2D eigenvalue weighted by atomic mass is 10.1. The first-order valence-electron chi connectivity index (χ1n) is 6.09. The molecule has 0 atom stereocenters. The Morgan fingerprint density at radius 1 is 1.39 bits per heavy atom. The molecule has 3 heteroatoms. The molecule has 0 spiro atoms. The number of amides is 1. The van der Waals surface area contributed by atoms with Crippen molar-refractivity contribution in [2.75, 3.05) is 13.7 Å². The molecule has 0 radical (unpaired) electrons. The van der Waals surface area contributed by atoms with Gasteiger partial charge in [0.1, 0.15) is 5.75 Å². The topological polar surface area (TPSA) is 38.3 Å². The van der Waals surface area contributed by atoms with E-state index in [1.165, 1.54) is 0 Å². The van der Waals surface area contributed by atoms with Crippen LogP contribution in [-0.4, -0.2) is 19.6 Å². The number of ether oxygens (including phenoxy) is 1. The molecule has 0 aromatic heterocycles. The maximum absolute atomic E-state index is 11.5. The second-order valence-corrected chi connectivity index (χ2v) is 4.01. The fraction of sp³-hybridized carbons (Fsp3) is 0.400. The molecule has 0 aliphatic rings. The van der Waals surface area contributed by atoms with Crippen LogP contribution in [0.3, 0.4) is 0 Å². The minimum atomic E-state index is 0.0721. The first-order valence-corrected chi connectivity index (χ1v) is 6.09. The number of nitrogens with one attached hydrogen (secondary N) is 1. The van der Waals surface area contributed by atoms with E-state index < -0.39 is 0 Å². The number of unbranched alkanes of at least 4 members (excludes halogenated alkanes) is 1. The van der Waals surface area contributed by atoms with Crippen molar-refractivity contribution in [3.8, 4) is 18.1 Å². The SMILES string of the molecule is C#CCCCNC(=O)CCc1ccc(OC)cc1. The second-order valence-electron chi connectivity index (χ2n) is 4.01. The Balaban J connectivity index is 2.23. The maximum atomic E-state index is 11.5. The molecule has 96 valence electrons. The summed E-state index contributed by atoms with van der Waals surface area (Å²) in [6.45, 7) is 0.658. The summed E-state index contributed by atoms with van der Waals surface area (Å²) in [5.41, 5.74) is 1.13. The highest BCUT2D eigenvalue weighted by molar-refractivity contribution is 5.76. The molecule has 0 bridgehead atoms. The normalized spacial score (nSPS) is 9.56. The smallest absolute Gasteiger partial charge is 0.220 e. The highest BCUT2D eigenvalue weighted by Crippen LogP contribution is 2.12. The van der Waals surface area contributed by atoms with Gasteiger partial charge in [-0.2, -0.15) is 0 Å². The van der Waals surface area contributed by atoms with Gasteiger partial charge in [0.15, 0.2) is 0 Å². The molecular weight excluding hydrogens is 226 g/mol. The summed E-state index contributed by atoms with van der Waals surface area (Å²) in [7, 11) is 1.64. The minimum Gasteiger partial charge on any atom is -0.497 e. The standard InChI is InChI=1S/C15H19NO2/c1-3-4-5-12-16-15(17)11-8-13-6-9-14(18-2)10-7-13/h1,6-7,9-10H,4-5,8,11-12H2,2H3,(H,16,17). The largest absolute Gasteiger partial charge is 0.497 e. The predicted molar refractivity (Wildman–Crippen MR) is 72.4 cm³/mol. The van der Waals surface area contributed by atoms with Gasteiger partial charge in [0.05, 0.1) is 7.11 Å². The number of hydrogen-bond donors (Lipinski definition) is 1. The van der Waals surface area contributed by atoms with Crippen molar-refractivity contribution in [1.29, 1.82) is 0 Å². The quantitative estimate of drug-likeness (QED) is 0.590. The number of benzene rings is 1. The van der Waals surface area contributed by atoms with E-state index in [-0.39, 0.29) is 5.91 Å². The predicted octanol–water partition coefficient (Wildman–Crippen LogP) is 2.16. The number of hydrogen-bond acceptors (Lipinski definition) is 2. The molecule has 0 saturated heterocycles. The van der Waals surface area contributed by atoms with Gasteiger partial charge in [-0.15, -0.1) is 12.3 Å². The van der Waals surface area contributed by atoms with E-state index in [2.05, 4.69) is 11.2 Å². The van der Waals surface area contributed by atoms with E-state index in [0.717, 1.165) is 24.2 Å². The van der Waals surface area contributed by atoms with Crippen molar-refractivity contribution in [1.82, 2.24) is 5.32 Å². The van der Waals surface area contributed by atoms with Gasteiger partial charge < -0.3 is 10.1 Å². The molecule has 1 amide bonds. The molecule has 0 aliphatic carbocycles. The van der Waals surface area contributed by atoms with Crippen molar-refractivity contribution in [2.45, 2.75) is 25.7 Å². The maximum Gasteiger partial charge on any atom is 0.220 e. The molecule has 1 aromatic rings. The summed E-state index contributed by atoms with van der Waals surface area (Å²) in [5.74, 6) is 3.45. The molecule has 0 unspecified atom stereocenters. The zero-order valence-corrected chi connectivity index (χ0v) is 10.7. The van der Waals surface area contributed by atoms with E-state index in [1.807, 2.05) is 24.3 Å². The summed E-state index contributed by atoms with van der Waals surface area (Å²) in [5, 5.41) is 2.85. The van der Waals surface area contributed by atoms with Crippen molar-refractivity contribution in [3.63, 3.8) is 0 Å². The van der Waals surface area contributed by atoms with Crippen LogP contribution < -0.4 is 10.1 Å².